The number of likely N-dealkylation sites (N-methyl/N-ethyl adjacent to an activating group) is 1. The summed E-state index contributed by atoms with van der Waals surface area (Å²) in [6.45, 7) is 9.79. The van der Waals surface area contributed by atoms with Crippen molar-refractivity contribution in [3.8, 4) is 0 Å². The van der Waals surface area contributed by atoms with Crippen LogP contribution in [0.25, 0.3) is 0 Å². The molecular weight excluding hydrogens is 214 g/mol. The van der Waals surface area contributed by atoms with Crippen LogP contribution in [0, 0.1) is 5.41 Å². The van der Waals surface area contributed by atoms with E-state index < -0.39 is 0 Å². The normalized spacial score (nSPS) is 18.4. The summed E-state index contributed by atoms with van der Waals surface area (Å²) in [4.78, 5) is 4.49. The Morgan fingerprint density at radius 2 is 2.12 bits per heavy atom. The molecule has 1 atom stereocenters. The Hall–Kier alpha value is -0.900. The van der Waals surface area contributed by atoms with E-state index in [0.717, 1.165) is 24.7 Å². The van der Waals surface area contributed by atoms with Crippen molar-refractivity contribution >= 4 is 0 Å². The van der Waals surface area contributed by atoms with Crippen molar-refractivity contribution in [3.63, 3.8) is 0 Å². The van der Waals surface area contributed by atoms with Crippen molar-refractivity contribution < 1.29 is 4.52 Å². The van der Waals surface area contributed by atoms with Crippen molar-refractivity contribution in [3.05, 3.63) is 11.7 Å². The molecule has 1 aliphatic rings. The van der Waals surface area contributed by atoms with Crippen LogP contribution in [0.1, 0.15) is 58.2 Å². The fourth-order valence-corrected chi connectivity index (χ4v) is 1.96. The summed E-state index contributed by atoms with van der Waals surface area (Å²) in [6.07, 6.45) is 3.25. The van der Waals surface area contributed by atoms with Gasteiger partial charge in [-0.15, -0.1) is 0 Å². The van der Waals surface area contributed by atoms with E-state index in [1.807, 2.05) is 0 Å². The number of rotatable bonds is 5. The highest BCUT2D eigenvalue weighted by Gasteiger charge is 2.30. The summed E-state index contributed by atoms with van der Waals surface area (Å²) in [5.41, 5.74) is 0.199. The maximum absolute atomic E-state index is 5.34. The van der Waals surface area contributed by atoms with E-state index in [1.54, 1.807) is 0 Å². The molecule has 2 rings (SSSR count). The summed E-state index contributed by atoms with van der Waals surface area (Å²) < 4.78 is 5.34. The van der Waals surface area contributed by atoms with Crippen LogP contribution in [0.5, 0.6) is 0 Å². The molecule has 0 amide bonds. The highest BCUT2D eigenvalue weighted by molar-refractivity contribution is 5.04. The highest BCUT2D eigenvalue weighted by atomic mass is 16.5. The summed E-state index contributed by atoms with van der Waals surface area (Å²) in [5, 5.41) is 7.56. The SMILES string of the molecule is CCNC(Cc1nc(C2CC2)no1)C(C)(C)C. The Morgan fingerprint density at radius 1 is 1.41 bits per heavy atom. The quantitative estimate of drug-likeness (QED) is 0.855. The van der Waals surface area contributed by atoms with Gasteiger partial charge in [-0.3, -0.25) is 0 Å². The molecular formula is C13H23N3O. The lowest BCUT2D eigenvalue weighted by atomic mass is 9.84. The number of nitrogens with zero attached hydrogens (tertiary/aromatic N) is 2. The lowest BCUT2D eigenvalue weighted by Crippen LogP contribution is -2.41. The van der Waals surface area contributed by atoms with E-state index in [-0.39, 0.29) is 5.41 Å². The van der Waals surface area contributed by atoms with Crippen LogP contribution in [0.4, 0.5) is 0 Å². The zero-order chi connectivity index (χ0) is 12.5. The van der Waals surface area contributed by atoms with Crippen LogP contribution in [0.3, 0.4) is 0 Å². The predicted octanol–water partition coefficient (Wildman–Crippen LogP) is 2.51. The minimum atomic E-state index is 0.199. The topological polar surface area (TPSA) is 51.0 Å². The average molecular weight is 237 g/mol. The predicted molar refractivity (Wildman–Crippen MR) is 66.9 cm³/mol. The molecule has 0 bridgehead atoms. The van der Waals surface area contributed by atoms with Gasteiger partial charge in [-0.05, 0) is 24.8 Å². The largest absolute Gasteiger partial charge is 0.339 e. The zero-order valence-corrected chi connectivity index (χ0v) is 11.3. The molecule has 0 radical (unpaired) electrons. The maximum Gasteiger partial charge on any atom is 0.228 e. The van der Waals surface area contributed by atoms with Crippen LogP contribution in [0.2, 0.25) is 0 Å². The first kappa shape index (κ1) is 12.6. The number of hydrogen-bond acceptors (Lipinski definition) is 4. The van der Waals surface area contributed by atoms with E-state index in [4.69, 9.17) is 4.52 Å². The lowest BCUT2D eigenvalue weighted by molar-refractivity contribution is 0.247. The van der Waals surface area contributed by atoms with E-state index in [1.165, 1.54) is 12.8 Å². The molecule has 0 spiro atoms. The van der Waals surface area contributed by atoms with Crippen LogP contribution < -0.4 is 5.32 Å². The van der Waals surface area contributed by atoms with Crippen molar-refractivity contribution in [2.24, 2.45) is 5.41 Å². The summed E-state index contributed by atoms with van der Waals surface area (Å²) in [6, 6.07) is 0.375. The minimum absolute atomic E-state index is 0.199. The first-order valence-electron chi connectivity index (χ1n) is 6.56. The second-order valence-corrected chi connectivity index (χ2v) is 6.00. The standard InChI is InChI=1S/C13H23N3O/c1-5-14-10(13(2,3)4)8-11-15-12(16-17-11)9-6-7-9/h9-10,14H,5-8H2,1-4H3. The van der Waals surface area contributed by atoms with Gasteiger partial charge in [0.2, 0.25) is 5.89 Å². The molecule has 4 heteroatoms. The van der Waals surface area contributed by atoms with E-state index in [2.05, 4.69) is 43.2 Å². The fraction of sp³-hybridized carbons (Fsp3) is 0.846. The molecule has 1 N–H and O–H groups in total. The lowest BCUT2D eigenvalue weighted by Gasteiger charge is -2.30. The van der Waals surface area contributed by atoms with Crippen molar-refractivity contribution in [2.45, 2.75) is 58.9 Å². The summed E-state index contributed by atoms with van der Waals surface area (Å²) in [7, 11) is 0. The van der Waals surface area contributed by atoms with Gasteiger partial charge in [-0.25, -0.2) is 0 Å². The average Bonchev–Trinajstić information content (AvgIpc) is 2.98. The third-order valence-corrected chi connectivity index (χ3v) is 3.30. The molecule has 0 saturated heterocycles. The summed E-state index contributed by atoms with van der Waals surface area (Å²) in [5.74, 6) is 2.25. The smallest absolute Gasteiger partial charge is 0.228 e. The maximum atomic E-state index is 5.34. The fourth-order valence-electron chi connectivity index (χ4n) is 1.96. The number of hydrogen-bond donors (Lipinski definition) is 1. The van der Waals surface area contributed by atoms with Crippen molar-refractivity contribution in [2.75, 3.05) is 6.54 Å². The Balaban J connectivity index is 2.00. The molecule has 0 aromatic carbocycles. The van der Waals surface area contributed by atoms with Crippen LogP contribution in [0.15, 0.2) is 4.52 Å². The van der Waals surface area contributed by atoms with Gasteiger partial charge in [-0.2, -0.15) is 4.98 Å². The Morgan fingerprint density at radius 3 is 2.65 bits per heavy atom. The molecule has 1 saturated carbocycles. The monoisotopic (exact) mass is 237 g/mol. The second-order valence-electron chi connectivity index (χ2n) is 6.00. The Kier molecular flexibility index (Phi) is 3.52. The van der Waals surface area contributed by atoms with Gasteiger partial charge in [0.1, 0.15) is 0 Å². The van der Waals surface area contributed by atoms with Crippen molar-refractivity contribution in [1.82, 2.24) is 15.5 Å². The molecule has 1 aromatic heterocycles. The molecule has 1 heterocycles. The van der Waals surface area contributed by atoms with Crippen LogP contribution in [-0.2, 0) is 6.42 Å². The van der Waals surface area contributed by atoms with E-state index in [0.29, 0.717) is 12.0 Å². The van der Waals surface area contributed by atoms with Gasteiger partial charge in [0, 0.05) is 18.4 Å². The van der Waals surface area contributed by atoms with Crippen LogP contribution >= 0.6 is 0 Å². The first-order chi connectivity index (χ1) is 8.00. The van der Waals surface area contributed by atoms with Gasteiger partial charge in [0.05, 0.1) is 0 Å². The molecule has 1 fully saturated rings. The number of nitrogens with one attached hydrogen (secondary N) is 1. The number of aromatic nitrogens is 2. The third kappa shape index (κ3) is 3.28. The zero-order valence-electron chi connectivity index (χ0n) is 11.3. The minimum Gasteiger partial charge on any atom is -0.339 e. The van der Waals surface area contributed by atoms with E-state index >= 15 is 0 Å². The van der Waals surface area contributed by atoms with Gasteiger partial charge in [0.25, 0.3) is 0 Å². The van der Waals surface area contributed by atoms with Crippen molar-refractivity contribution in [1.29, 1.82) is 0 Å². The molecule has 0 aliphatic heterocycles. The molecule has 4 nitrogen and oxygen atoms in total. The third-order valence-electron chi connectivity index (χ3n) is 3.30. The van der Waals surface area contributed by atoms with E-state index in [9.17, 15) is 0 Å². The summed E-state index contributed by atoms with van der Waals surface area (Å²) >= 11 is 0. The second kappa shape index (κ2) is 4.77. The Labute approximate surface area is 103 Å². The Bertz CT molecular complexity index is 363. The first-order valence-corrected chi connectivity index (χ1v) is 6.56. The molecule has 1 unspecified atom stereocenters. The molecule has 1 aliphatic carbocycles. The van der Waals surface area contributed by atoms with Crippen LogP contribution in [-0.4, -0.2) is 22.7 Å². The molecule has 1 aromatic rings. The van der Waals surface area contributed by atoms with Gasteiger partial charge in [0.15, 0.2) is 5.82 Å². The van der Waals surface area contributed by atoms with Gasteiger partial charge in [-0.1, -0.05) is 32.9 Å². The van der Waals surface area contributed by atoms with Gasteiger partial charge >= 0.3 is 0 Å². The molecule has 96 valence electrons. The van der Waals surface area contributed by atoms with Gasteiger partial charge < -0.3 is 9.84 Å². The molecule has 17 heavy (non-hydrogen) atoms. The highest BCUT2D eigenvalue weighted by Crippen LogP contribution is 2.38.